The van der Waals surface area contributed by atoms with Crippen LogP contribution in [-0.2, 0) is 19.6 Å². The molecule has 6 nitrogen and oxygen atoms in total. The van der Waals surface area contributed by atoms with Crippen LogP contribution in [0.5, 0.6) is 0 Å². The molecule has 1 aliphatic rings. The molecule has 168 valence electrons. The highest BCUT2D eigenvalue weighted by atomic mass is 35.5. The van der Waals surface area contributed by atoms with Crippen molar-refractivity contribution < 1.29 is 9.21 Å². The number of benzene rings is 2. The van der Waals surface area contributed by atoms with Crippen molar-refractivity contribution in [2.75, 3.05) is 33.2 Å². The Hall–Kier alpha value is -2.38. The van der Waals surface area contributed by atoms with E-state index >= 15 is 0 Å². The largest absolute Gasteiger partial charge is 0.447 e. The van der Waals surface area contributed by atoms with Gasteiger partial charge in [0.25, 0.3) is 5.91 Å². The molecule has 4 rings (SSSR count). The summed E-state index contributed by atoms with van der Waals surface area (Å²) in [7, 11) is 2.06. The standard InChI is InChI=1S/C24H26Cl2N4O2/c1-28-9-11-30(12-10-28)24(31)22-17-32-23(27-22)16-29(14-18-5-3-2-4-6-18)15-19-7-8-20(25)13-21(19)26/h2-8,13,17H,9-12,14-16H2,1H3. The maximum Gasteiger partial charge on any atom is 0.275 e. The van der Waals surface area contributed by atoms with Crippen molar-refractivity contribution >= 4 is 29.1 Å². The molecule has 0 bridgehead atoms. The van der Waals surface area contributed by atoms with Gasteiger partial charge in [0.05, 0.1) is 6.54 Å². The van der Waals surface area contributed by atoms with E-state index in [1.807, 2.05) is 35.2 Å². The van der Waals surface area contributed by atoms with E-state index in [4.69, 9.17) is 27.6 Å². The van der Waals surface area contributed by atoms with Gasteiger partial charge in [-0.15, -0.1) is 0 Å². The van der Waals surface area contributed by atoms with Gasteiger partial charge in [0.15, 0.2) is 5.69 Å². The van der Waals surface area contributed by atoms with Gasteiger partial charge < -0.3 is 14.2 Å². The zero-order valence-corrected chi connectivity index (χ0v) is 19.5. The highest BCUT2D eigenvalue weighted by molar-refractivity contribution is 6.35. The number of nitrogens with zero attached hydrogens (tertiary/aromatic N) is 4. The lowest BCUT2D eigenvalue weighted by Gasteiger charge is -2.31. The summed E-state index contributed by atoms with van der Waals surface area (Å²) >= 11 is 12.5. The summed E-state index contributed by atoms with van der Waals surface area (Å²) in [6, 6.07) is 15.7. The van der Waals surface area contributed by atoms with E-state index < -0.39 is 0 Å². The molecule has 1 fully saturated rings. The molecule has 0 spiro atoms. The summed E-state index contributed by atoms with van der Waals surface area (Å²) in [5, 5.41) is 1.22. The number of hydrogen-bond acceptors (Lipinski definition) is 5. The Morgan fingerprint density at radius 3 is 2.50 bits per heavy atom. The van der Waals surface area contributed by atoms with Gasteiger partial charge in [-0.2, -0.15) is 0 Å². The highest BCUT2D eigenvalue weighted by Gasteiger charge is 2.23. The van der Waals surface area contributed by atoms with Gasteiger partial charge in [-0.05, 0) is 30.3 Å². The van der Waals surface area contributed by atoms with Crippen LogP contribution in [0, 0.1) is 0 Å². The molecule has 1 aliphatic heterocycles. The molecule has 3 aromatic rings. The van der Waals surface area contributed by atoms with Gasteiger partial charge in [0, 0.05) is 49.3 Å². The minimum Gasteiger partial charge on any atom is -0.447 e. The van der Waals surface area contributed by atoms with E-state index in [9.17, 15) is 4.79 Å². The molecule has 0 unspecified atom stereocenters. The third-order valence-electron chi connectivity index (χ3n) is 5.58. The maximum atomic E-state index is 12.8. The number of carbonyl (C=O) groups is 1. The molecule has 1 amide bonds. The number of rotatable bonds is 7. The van der Waals surface area contributed by atoms with Crippen molar-refractivity contribution in [3.63, 3.8) is 0 Å². The zero-order chi connectivity index (χ0) is 22.5. The number of likely N-dealkylation sites (N-methyl/N-ethyl adjacent to an activating group) is 1. The maximum absolute atomic E-state index is 12.8. The number of halogens is 2. The van der Waals surface area contributed by atoms with Crippen LogP contribution in [-0.4, -0.2) is 58.8 Å². The summed E-state index contributed by atoms with van der Waals surface area (Å²) in [5.74, 6) is 0.423. The van der Waals surface area contributed by atoms with Crippen LogP contribution >= 0.6 is 23.2 Å². The van der Waals surface area contributed by atoms with Crippen LogP contribution in [0.15, 0.2) is 59.2 Å². The van der Waals surface area contributed by atoms with Gasteiger partial charge in [0.1, 0.15) is 6.26 Å². The third kappa shape index (κ3) is 5.90. The number of amides is 1. The summed E-state index contributed by atoms with van der Waals surface area (Å²) in [6.07, 6.45) is 1.46. The fourth-order valence-corrected chi connectivity index (χ4v) is 4.21. The normalized spacial score (nSPS) is 14.8. The number of aromatic nitrogens is 1. The first kappa shape index (κ1) is 22.8. The van der Waals surface area contributed by atoms with Crippen LogP contribution in [0.4, 0.5) is 0 Å². The van der Waals surface area contributed by atoms with Crippen molar-refractivity contribution in [2.24, 2.45) is 0 Å². The Morgan fingerprint density at radius 2 is 1.78 bits per heavy atom. The van der Waals surface area contributed by atoms with E-state index in [1.165, 1.54) is 6.26 Å². The molecule has 0 radical (unpaired) electrons. The summed E-state index contributed by atoms with van der Waals surface area (Å²) < 4.78 is 5.69. The summed E-state index contributed by atoms with van der Waals surface area (Å²) in [6.45, 7) is 4.86. The van der Waals surface area contributed by atoms with Crippen LogP contribution in [0.3, 0.4) is 0 Å². The first-order chi connectivity index (χ1) is 15.5. The third-order valence-corrected chi connectivity index (χ3v) is 6.17. The lowest BCUT2D eigenvalue weighted by atomic mass is 10.1. The smallest absolute Gasteiger partial charge is 0.275 e. The van der Waals surface area contributed by atoms with E-state index in [2.05, 4.69) is 34.0 Å². The Bertz CT molecular complexity index is 1050. The average molecular weight is 473 g/mol. The summed E-state index contributed by atoms with van der Waals surface area (Å²) in [5.41, 5.74) is 2.49. The van der Waals surface area contributed by atoms with Crippen molar-refractivity contribution in [1.29, 1.82) is 0 Å². The molecule has 0 N–H and O–H groups in total. The first-order valence-electron chi connectivity index (χ1n) is 10.6. The van der Waals surface area contributed by atoms with E-state index in [0.717, 1.165) is 24.2 Å². The second-order valence-corrected chi connectivity index (χ2v) is 8.93. The van der Waals surface area contributed by atoms with Crippen LogP contribution in [0.25, 0.3) is 0 Å². The van der Waals surface area contributed by atoms with Crippen LogP contribution in [0.2, 0.25) is 10.0 Å². The second kappa shape index (κ2) is 10.5. The SMILES string of the molecule is CN1CCN(C(=O)c2coc(CN(Cc3ccccc3)Cc3ccc(Cl)cc3Cl)n2)CC1. The summed E-state index contributed by atoms with van der Waals surface area (Å²) in [4.78, 5) is 23.5. The molecule has 0 atom stereocenters. The lowest BCUT2D eigenvalue weighted by Crippen LogP contribution is -2.47. The monoisotopic (exact) mass is 472 g/mol. The molecule has 0 aliphatic carbocycles. The predicted molar refractivity (Wildman–Crippen MR) is 126 cm³/mol. The molecule has 0 saturated carbocycles. The molecule has 2 aromatic carbocycles. The van der Waals surface area contributed by atoms with Crippen molar-refractivity contribution in [2.45, 2.75) is 19.6 Å². The van der Waals surface area contributed by atoms with Gasteiger partial charge in [-0.25, -0.2) is 4.98 Å². The molecule has 2 heterocycles. The Kier molecular flexibility index (Phi) is 7.48. The lowest BCUT2D eigenvalue weighted by molar-refractivity contribution is 0.0658. The molecule has 32 heavy (non-hydrogen) atoms. The molecule has 1 aromatic heterocycles. The fraction of sp³-hybridized carbons (Fsp3) is 0.333. The fourth-order valence-electron chi connectivity index (χ4n) is 3.74. The van der Waals surface area contributed by atoms with Crippen molar-refractivity contribution in [3.8, 4) is 0 Å². The Morgan fingerprint density at radius 1 is 1.03 bits per heavy atom. The minimum atomic E-state index is -0.0801. The first-order valence-corrected chi connectivity index (χ1v) is 11.4. The number of piperazine rings is 1. The van der Waals surface area contributed by atoms with Gasteiger partial charge >= 0.3 is 0 Å². The number of oxazole rings is 1. The van der Waals surface area contributed by atoms with Gasteiger partial charge in [0.2, 0.25) is 5.89 Å². The highest BCUT2D eigenvalue weighted by Crippen LogP contribution is 2.24. The minimum absolute atomic E-state index is 0.0801. The van der Waals surface area contributed by atoms with Gasteiger partial charge in [-0.1, -0.05) is 59.6 Å². The number of hydrogen-bond donors (Lipinski definition) is 0. The molecule has 1 saturated heterocycles. The van der Waals surface area contributed by atoms with Crippen LogP contribution < -0.4 is 0 Å². The zero-order valence-electron chi connectivity index (χ0n) is 18.0. The van der Waals surface area contributed by atoms with Crippen molar-refractivity contribution in [3.05, 3.63) is 87.6 Å². The topological polar surface area (TPSA) is 52.8 Å². The van der Waals surface area contributed by atoms with Crippen LogP contribution in [0.1, 0.15) is 27.5 Å². The predicted octanol–water partition coefficient (Wildman–Crippen LogP) is 4.57. The van der Waals surface area contributed by atoms with Gasteiger partial charge in [-0.3, -0.25) is 9.69 Å². The van der Waals surface area contributed by atoms with E-state index in [1.54, 1.807) is 6.07 Å². The Labute approximate surface area is 198 Å². The Balaban J connectivity index is 1.48. The average Bonchev–Trinajstić information content (AvgIpc) is 3.25. The number of carbonyl (C=O) groups excluding carboxylic acids is 1. The molecular weight excluding hydrogens is 447 g/mol. The quantitative estimate of drug-likeness (QED) is 0.503. The second-order valence-electron chi connectivity index (χ2n) is 8.09. The van der Waals surface area contributed by atoms with E-state index in [0.29, 0.717) is 54.4 Å². The van der Waals surface area contributed by atoms with Crippen molar-refractivity contribution in [1.82, 2.24) is 19.7 Å². The van der Waals surface area contributed by atoms with E-state index in [-0.39, 0.29) is 5.91 Å². The molecular formula is C24H26Cl2N4O2. The molecule has 8 heteroatoms.